The molecule has 0 radical (unpaired) electrons. The Balaban J connectivity index is 1.93. The number of nitrogen functional groups attached to an aromatic ring is 1. The summed E-state index contributed by atoms with van der Waals surface area (Å²) in [5.74, 6) is 0.527. The molecule has 2 fully saturated rings. The molecular weight excluding hydrogens is 272 g/mol. The van der Waals surface area contributed by atoms with Gasteiger partial charge in [0.1, 0.15) is 0 Å². The van der Waals surface area contributed by atoms with Crippen LogP contribution in [0, 0.1) is 5.92 Å². The predicted octanol–water partition coefficient (Wildman–Crippen LogP) is 1.07. The van der Waals surface area contributed by atoms with Crippen molar-refractivity contribution in [2.75, 3.05) is 12.3 Å². The number of piperidine rings is 1. The van der Waals surface area contributed by atoms with Gasteiger partial charge in [0.2, 0.25) is 9.47 Å². The third kappa shape index (κ3) is 1.92. The monoisotopic (exact) mass is 288 g/mol. The van der Waals surface area contributed by atoms with Crippen molar-refractivity contribution in [1.82, 2.24) is 14.5 Å². The van der Waals surface area contributed by atoms with Gasteiger partial charge in [-0.2, -0.15) is 4.31 Å². The maximum absolute atomic E-state index is 12.5. The van der Waals surface area contributed by atoms with E-state index in [-0.39, 0.29) is 15.5 Å². The SMILES string of the molecule is Nc1nnc(S(=O)(=O)N2CCCC3CCCC32)s1. The van der Waals surface area contributed by atoms with Crippen LogP contribution in [0.3, 0.4) is 0 Å². The Morgan fingerprint density at radius 2 is 2.00 bits per heavy atom. The number of fused-ring (bicyclic) bond motifs is 1. The molecule has 1 saturated heterocycles. The van der Waals surface area contributed by atoms with Crippen LogP contribution in [0.4, 0.5) is 5.13 Å². The first-order valence-corrected chi connectivity index (χ1v) is 8.45. The lowest BCUT2D eigenvalue weighted by atomic mass is 9.94. The average molecular weight is 288 g/mol. The molecule has 2 aliphatic rings. The zero-order valence-electron chi connectivity index (χ0n) is 9.95. The van der Waals surface area contributed by atoms with Gasteiger partial charge >= 0.3 is 0 Å². The van der Waals surface area contributed by atoms with E-state index < -0.39 is 10.0 Å². The molecular formula is C10H16N4O2S2. The lowest BCUT2D eigenvalue weighted by Gasteiger charge is -2.35. The maximum Gasteiger partial charge on any atom is 0.272 e. The molecule has 1 saturated carbocycles. The van der Waals surface area contributed by atoms with Crippen molar-refractivity contribution >= 4 is 26.5 Å². The summed E-state index contributed by atoms with van der Waals surface area (Å²) in [6, 6.07) is 0.161. The highest BCUT2D eigenvalue weighted by atomic mass is 32.2. The van der Waals surface area contributed by atoms with E-state index in [1.165, 1.54) is 0 Å². The van der Waals surface area contributed by atoms with Gasteiger partial charge in [-0.15, -0.1) is 10.2 Å². The van der Waals surface area contributed by atoms with Crippen molar-refractivity contribution in [2.45, 2.75) is 42.5 Å². The molecule has 2 atom stereocenters. The van der Waals surface area contributed by atoms with Gasteiger partial charge in [-0.3, -0.25) is 0 Å². The summed E-state index contributed by atoms with van der Waals surface area (Å²) in [6.07, 6.45) is 5.33. The first-order valence-electron chi connectivity index (χ1n) is 6.20. The van der Waals surface area contributed by atoms with Gasteiger partial charge in [-0.25, -0.2) is 8.42 Å². The Morgan fingerprint density at radius 1 is 1.22 bits per heavy atom. The summed E-state index contributed by atoms with van der Waals surface area (Å²) >= 11 is 0.948. The second-order valence-corrected chi connectivity index (χ2v) is 8.00. The third-order valence-electron chi connectivity index (χ3n) is 3.89. The molecule has 1 aromatic rings. The summed E-state index contributed by atoms with van der Waals surface area (Å²) in [6.45, 7) is 0.600. The van der Waals surface area contributed by atoms with Crippen LogP contribution in [0.1, 0.15) is 32.1 Å². The van der Waals surface area contributed by atoms with E-state index in [0.29, 0.717) is 12.5 Å². The quantitative estimate of drug-likeness (QED) is 0.879. The van der Waals surface area contributed by atoms with Gasteiger partial charge in [-0.1, -0.05) is 17.8 Å². The van der Waals surface area contributed by atoms with E-state index >= 15 is 0 Å². The van der Waals surface area contributed by atoms with Crippen LogP contribution in [-0.2, 0) is 10.0 Å². The standard InChI is InChI=1S/C10H16N4O2S2/c11-9-12-13-10(17-9)18(15,16)14-6-2-4-7-3-1-5-8(7)14/h7-8H,1-6H2,(H2,11,12). The smallest absolute Gasteiger partial charge is 0.272 e. The minimum atomic E-state index is -3.50. The molecule has 1 aromatic heterocycles. The van der Waals surface area contributed by atoms with Crippen LogP contribution in [0.25, 0.3) is 0 Å². The number of anilines is 1. The van der Waals surface area contributed by atoms with Crippen LogP contribution in [0.5, 0.6) is 0 Å². The van der Waals surface area contributed by atoms with Crippen molar-refractivity contribution in [3.8, 4) is 0 Å². The highest BCUT2D eigenvalue weighted by Gasteiger charge is 2.42. The molecule has 2 N–H and O–H groups in total. The van der Waals surface area contributed by atoms with E-state index in [1.54, 1.807) is 4.31 Å². The molecule has 1 aliphatic carbocycles. The molecule has 0 aromatic carbocycles. The summed E-state index contributed by atoms with van der Waals surface area (Å²) < 4.78 is 26.7. The molecule has 0 bridgehead atoms. The summed E-state index contributed by atoms with van der Waals surface area (Å²) in [5, 5.41) is 7.50. The number of hydrogen-bond donors (Lipinski definition) is 1. The average Bonchev–Trinajstić information content (AvgIpc) is 2.96. The van der Waals surface area contributed by atoms with Crippen molar-refractivity contribution in [1.29, 1.82) is 0 Å². The summed E-state index contributed by atoms with van der Waals surface area (Å²) in [5.41, 5.74) is 5.47. The Morgan fingerprint density at radius 3 is 2.72 bits per heavy atom. The molecule has 0 amide bonds. The van der Waals surface area contributed by atoms with Crippen LogP contribution < -0.4 is 5.73 Å². The van der Waals surface area contributed by atoms with Gasteiger partial charge in [-0.05, 0) is 31.6 Å². The highest BCUT2D eigenvalue weighted by molar-refractivity contribution is 7.91. The van der Waals surface area contributed by atoms with Crippen LogP contribution in [0.2, 0.25) is 0 Å². The zero-order chi connectivity index (χ0) is 12.8. The number of rotatable bonds is 2. The molecule has 6 nitrogen and oxygen atoms in total. The van der Waals surface area contributed by atoms with Gasteiger partial charge < -0.3 is 5.73 Å². The van der Waals surface area contributed by atoms with Crippen molar-refractivity contribution in [2.24, 2.45) is 5.92 Å². The van der Waals surface area contributed by atoms with Gasteiger partial charge in [0.05, 0.1) is 0 Å². The van der Waals surface area contributed by atoms with Crippen LogP contribution in [0.15, 0.2) is 4.34 Å². The van der Waals surface area contributed by atoms with E-state index in [9.17, 15) is 8.42 Å². The Labute approximate surface area is 110 Å². The highest BCUT2D eigenvalue weighted by Crippen LogP contribution is 2.39. The van der Waals surface area contributed by atoms with Gasteiger partial charge in [0.15, 0.2) is 0 Å². The van der Waals surface area contributed by atoms with Crippen molar-refractivity contribution in [3.05, 3.63) is 0 Å². The predicted molar refractivity (Wildman–Crippen MR) is 68.6 cm³/mol. The lowest BCUT2D eigenvalue weighted by Crippen LogP contribution is -2.46. The first-order chi connectivity index (χ1) is 8.59. The third-order valence-corrected chi connectivity index (χ3v) is 6.92. The molecule has 18 heavy (non-hydrogen) atoms. The molecule has 3 rings (SSSR count). The normalized spacial score (nSPS) is 29.3. The minimum absolute atomic E-state index is 0.0348. The maximum atomic E-state index is 12.5. The first kappa shape index (κ1) is 12.3. The summed E-state index contributed by atoms with van der Waals surface area (Å²) in [4.78, 5) is 0. The van der Waals surface area contributed by atoms with E-state index in [1.807, 2.05) is 0 Å². The number of nitrogens with zero attached hydrogens (tertiary/aromatic N) is 3. The fourth-order valence-electron chi connectivity index (χ4n) is 3.13. The van der Waals surface area contributed by atoms with Crippen molar-refractivity contribution in [3.63, 3.8) is 0 Å². The minimum Gasteiger partial charge on any atom is -0.374 e. The molecule has 2 heterocycles. The molecule has 0 spiro atoms. The van der Waals surface area contributed by atoms with Crippen molar-refractivity contribution < 1.29 is 8.42 Å². The Kier molecular flexibility index (Phi) is 3.03. The van der Waals surface area contributed by atoms with E-state index in [2.05, 4.69) is 10.2 Å². The van der Waals surface area contributed by atoms with Gasteiger partial charge in [0.25, 0.3) is 10.0 Å². The fourth-order valence-corrected chi connectivity index (χ4v) is 5.79. The molecule has 8 heteroatoms. The number of sulfonamides is 1. The van der Waals surface area contributed by atoms with E-state index in [4.69, 9.17) is 5.73 Å². The van der Waals surface area contributed by atoms with Crippen LogP contribution >= 0.6 is 11.3 Å². The number of aromatic nitrogens is 2. The molecule has 2 unspecified atom stereocenters. The number of nitrogens with two attached hydrogens (primary N) is 1. The Hall–Kier alpha value is -0.730. The van der Waals surface area contributed by atoms with E-state index in [0.717, 1.165) is 43.4 Å². The molecule has 1 aliphatic heterocycles. The van der Waals surface area contributed by atoms with Gasteiger partial charge in [0, 0.05) is 12.6 Å². The second-order valence-electron chi connectivity index (χ2n) is 4.92. The fraction of sp³-hybridized carbons (Fsp3) is 0.800. The lowest BCUT2D eigenvalue weighted by molar-refractivity contribution is 0.202. The Bertz CT molecular complexity index is 542. The second kappa shape index (κ2) is 4.43. The number of hydrogen-bond acceptors (Lipinski definition) is 6. The largest absolute Gasteiger partial charge is 0.374 e. The molecule has 100 valence electrons. The zero-order valence-corrected chi connectivity index (χ0v) is 11.6. The summed E-state index contributed by atoms with van der Waals surface area (Å²) in [7, 11) is -3.50. The topological polar surface area (TPSA) is 89.2 Å². The van der Waals surface area contributed by atoms with Crippen LogP contribution in [-0.4, -0.2) is 35.5 Å².